The van der Waals surface area contributed by atoms with E-state index in [1.165, 1.54) is 48.5 Å². The standard InChI is InChI=1S/C34H25N7O6S/c35-17-26(38-37-19-13-15-21(16-14-19)48(46,47)40-20-11-9-18(10-12-20)31(36)42)33(44)41-34(45)30-28-24-7-3-1-5-22(24)27(29(30)32(43)39-41)23-6-2-4-8-25(23)28/h1-16,27-30,37,40H,(H2,36,42)(H,39,43)/b38-26-. The summed E-state index contributed by atoms with van der Waals surface area (Å²) in [5, 5.41) is 14.2. The fraction of sp³-hybridized carbons (Fsp3) is 0.118. The lowest BCUT2D eigenvalue weighted by atomic mass is 9.53. The highest BCUT2D eigenvalue weighted by Gasteiger charge is 2.59. The zero-order valence-electron chi connectivity index (χ0n) is 24.8. The minimum Gasteiger partial charge on any atom is -0.366 e. The molecule has 2 atom stereocenters. The molecule has 0 radical (unpaired) electrons. The maximum atomic E-state index is 14.0. The van der Waals surface area contributed by atoms with Gasteiger partial charge in [-0.1, -0.05) is 48.5 Å². The number of hydrogen-bond acceptors (Lipinski definition) is 9. The fourth-order valence-corrected chi connectivity index (χ4v) is 7.86. The molecule has 238 valence electrons. The molecule has 2 unspecified atom stereocenters. The number of nitrogens with one attached hydrogen (secondary N) is 3. The van der Waals surface area contributed by atoms with E-state index >= 15 is 0 Å². The number of amides is 4. The molecule has 14 heteroatoms. The third-order valence-electron chi connectivity index (χ3n) is 8.86. The summed E-state index contributed by atoms with van der Waals surface area (Å²) in [6.45, 7) is 0. The average Bonchev–Trinajstić information content (AvgIpc) is 3.10. The Hall–Kier alpha value is -6.33. The van der Waals surface area contributed by atoms with E-state index < -0.39 is 57.1 Å². The number of benzene rings is 4. The third kappa shape index (κ3) is 4.93. The van der Waals surface area contributed by atoms with Gasteiger partial charge in [-0.2, -0.15) is 15.4 Å². The van der Waals surface area contributed by atoms with Gasteiger partial charge < -0.3 is 5.73 Å². The number of nitrogens with zero attached hydrogens (tertiary/aromatic N) is 3. The van der Waals surface area contributed by atoms with Crippen molar-refractivity contribution in [2.75, 3.05) is 10.1 Å². The van der Waals surface area contributed by atoms with Gasteiger partial charge in [0.15, 0.2) is 0 Å². The van der Waals surface area contributed by atoms with Crippen molar-refractivity contribution in [1.29, 1.82) is 5.26 Å². The molecule has 1 heterocycles. The number of rotatable bonds is 7. The number of primary amides is 1. The molecular weight excluding hydrogens is 634 g/mol. The van der Waals surface area contributed by atoms with E-state index in [9.17, 15) is 32.9 Å². The van der Waals surface area contributed by atoms with Crippen LogP contribution in [0.2, 0.25) is 0 Å². The van der Waals surface area contributed by atoms with Gasteiger partial charge in [-0.05, 0) is 70.8 Å². The number of nitriles is 1. The van der Waals surface area contributed by atoms with Crippen LogP contribution in [0.4, 0.5) is 11.4 Å². The Morgan fingerprint density at radius 2 is 1.31 bits per heavy atom. The molecule has 0 saturated carbocycles. The SMILES string of the molecule is N#C/C(=N/Nc1ccc(S(=O)(=O)Nc2ccc(C(N)=O)cc2)cc1)C(=O)N1NC(=O)C2C3c4ccccc4C(c4ccccc43)C2C1=O. The first-order chi connectivity index (χ1) is 23.1. The summed E-state index contributed by atoms with van der Waals surface area (Å²) in [5.41, 5.74) is 13.9. The number of sulfonamides is 1. The molecule has 4 aliphatic rings. The van der Waals surface area contributed by atoms with Crippen molar-refractivity contribution in [3.63, 3.8) is 0 Å². The molecule has 8 rings (SSSR count). The molecule has 0 spiro atoms. The second-order valence-electron chi connectivity index (χ2n) is 11.5. The van der Waals surface area contributed by atoms with E-state index in [0.717, 1.165) is 22.3 Å². The zero-order chi connectivity index (χ0) is 33.7. The maximum Gasteiger partial charge on any atom is 0.310 e. The van der Waals surface area contributed by atoms with E-state index in [4.69, 9.17) is 5.73 Å². The Balaban J connectivity index is 1.09. The molecule has 4 aromatic rings. The summed E-state index contributed by atoms with van der Waals surface area (Å²) in [6.07, 6.45) is 0. The average molecular weight is 660 g/mol. The van der Waals surface area contributed by atoms with Crippen LogP contribution in [0.15, 0.2) is 107 Å². The number of imide groups is 1. The Kier molecular flexibility index (Phi) is 7.25. The number of hydrogen-bond donors (Lipinski definition) is 4. The second-order valence-corrected chi connectivity index (χ2v) is 13.2. The van der Waals surface area contributed by atoms with Crippen LogP contribution >= 0.6 is 0 Å². The molecular formula is C34H25N7O6S. The topological polar surface area (TPSA) is 204 Å². The fourth-order valence-electron chi connectivity index (χ4n) is 6.80. The van der Waals surface area contributed by atoms with E-state index in [1.807, 2.05) is 48.5 Å². The molecule has 13 nitrogen and oxygen atoms in total. The van der Waals surface area contributed by atoms with Crippen LogP contribution in [-0.4, -0.2) is 42.8 Å². The molecule has 4 amide bonds. The van der Waals surface area contributed by atoms with Gasteiger partial charge in [-0.25, -0.2) is 8.42 Å². The summed E-state index contributed by atoms with van der Waals surface area (Å²) >= 11 is 0. The van der Waals surface area contributed by atoms with Crippen LogP contribution in [0.5, 0.6) is 0 Å². The van der Waals surface area contributed by atoms with Crippen LogP contribution in [-0.2, 0) is 24.4 Å². The zero-order valence-corrected chi connectivity index (χ0v) is 25.6. The molecule has 48 heavy (non-hydrogen) atoms. The van der Waals surface area contributed by atoms with Crippen molar-refractivity contribution in [1.82, 2.24) is 10.4 Å². The number of hydrazine groups is 1. The van der Waals surface area contributed by atoms with Crippen LogP contribution in [0.1, 0.15) is 44.4 Å². The van der Waals surface area contributed by atoms with Crippen LogP contribution < -0.4 is 21.3 Å². The van der Waals surface area contributed by atoms with E-state index in [0.29, 0.717) is 5.01 Å². The van der Waals surface area contributed by atoms with E-state index in [-0.39, 0.29) is 27.8 Å². The summed E-state index contributed by atoms with van der Waals surface area (Å²) < 4.78 is 28.1. The number of carbonyl (C=O) groups is 4. The normalized spacial score (nSPS) is 20.8. The van der Waals surface area contributed by atoms with Crippen molar-refractivity contribution in [2.45, 2.75) is 16.7 Å². The Morgan fingerprint density at radius 1 is 0.792 bits per heavy atom. The Morgan fingerprint density at radius 3 is 1.83 bits per heavy atom. The molecule has 1 saturated heterocycles. The smallest absolute Gasteiger partial charge is 0.310 e. The van der Waals surface area contributed by atoms with Gasteiger partial charge in [-0.15, -0.1) is 0 Å². The first kappa shape index (κ1) is 30.3. The number of anilines is 2. The van der Waals surface area contributed by atoms with Crippen LogP contribution in [0.3, 0.4) is 0 Å². The summed E-state index contributed by atoms with van der Waals surface area (Å²) in [5.74, 6) is -5.35. The lowest BCUT2D eigenvalue weighted by Gasteiger charge is -2.52. The number of nitrogens with two attached hydrogens (primary N) is 1. The second kappa shape index (κ2) is 11.5. The van der Waals surface area contributed by atoms with Crippen molar-refractivity contribution >= 4 is 50.7 Å². The van der Waals surface area contributed by atoms with Gasteiger partial charge in [0, 0.05) is 23.1 Å². The van der Waals surface area contributed by atoms with Crippen molar-refractivity contribution in [3.8, 4) is 6.07 Å². The van der Waals surface area contributed by atoms with Crippen molar-refractivity contribution in [2.24, 2.45) is 22.7 Å². The van der Waals surface area contributed by atoms with Crippen LogP contribution in [0.25, 0.3) is 0 Å². The minimum absolute atomic E-state index is 0.103. The first-order valence-electron chi connectivity index (χ1n) is 14.7. The van der Waals surface area contributed by atoms with Gasteiger partial charge in [0.25, 0.3) is 15.9 Å². The quantitative estimate of drug-likeness (QED) is 0.171. The number of carbonyl (C=O) groups excluding carboxylic acids is 4. The lowest BCUT2D eigenvalue weighted by molar-refractivity contribution is -0.164. The Labute approximate surface area is 274 Å². The van der Waals surface area contributed by atoms with Crippen molar-refractivity contribution in [3.05, 3.63) is 125 Å². The minimum atomic E-state index is -4.01. The number of hydrazone groups is 1. The highest BCUT2D eigenvalue weighted by molar-refractivity contribution is 7.92. The van der Waals surface area contributed by atoms with Gasteiger partial charge >= 0.3 is 5.91 Å². The highest BCUT2D eigenvalue weighted by Crippen LogP contribution is 2.59. The largest absolute Gasteiger partial charge is 0.366 e. The summed E-state index contributed by atoms with van der Waals surface area (Å²) in [7, 11) is -4.01. The summed E-state index contributed by atoms with van der Waals surface area (Å²) in [6, 6.07) is 27.9. The first-order valence-corrected chi connectivity index (χ1v) is 16.2. The van der Waals surface area contributed by atoms with Crippen LogP contribution in [0, 0.1) is 23.2 Å². The Bertz CT molecular complexity index is 2160. The van der Waals surface area contributed by atoms with E-state index in [1.54, 1.807) is 6.07 Å². The van der Waals surface area contributed by atoms with Gasteiger partial charge in [0.2, 0.25) is 17.5 Å². The predicted molar refractivity (Wildman–Crippen MR) is 172 cm³/mol. The summed E-state index contributed by atoms with van der Waals surface area (Å²) in [4.78, 5) is 52.2. The monoisotopic (exact) mass is 659 g/mol. The van der Waals surface area contributed by atoms with Gasteiger partial charge in [0.05, 0.1) is 22.4 Å². The molecule has 2 bridgehead atoms. The van der Waals surface area contributed by atoms with Crippen molar-refractivity contribution < 1.29 is 27.6 Å². The molecule has 3 aliphatic carbocycles. The molecule has 0 aromatic heterocycles. The molecule has 4 aromatic carbocycles. The third-order valence-corrected chi connectivity index (χ3v) is 10.3. The predicted octanol–water partition coefficient (Wildman–Crippen LogP) is 2.80. The lowest BCUT2D eigenvalue weighted by Crippen LogP contribution is -2.65. The highest BCUT2D eigenvalue weighted by atomic mass is 32.2. The molecule has 1 aliphatic heterocycles. The maximum absolute atomic E-state index is 14.0. The molecule has 5 N–H and O–H groups in total. The molecule has 1 fully saturated rings. The van der Waals surface area contributed by atoms with E-state index in [2.05, 4.69) is 20.7 Å². The van der Waals surface area contributed by atoms with Gasteiger partial charge in [-0.3, -0.25) is 34.8 Å². The van der Waals surface area contributed by atoms with Gasteiger partial charge in [0.1, 0.15) is 6.07 Å².